The Morgan fingerprint density at radius 2 is 1.67 bits per heavy atom. The zero-order chi connectivity index (χ0) is 33.5. The minimum atomic E-state index is -0.667. The lowest BCUT2D eigenvalue weighted by Gasteiger charge is -2.68. The number of cyclic esters (lactones) is 1. The Labute approximate surface area is 294 Å². The minimum absolute atomic E-state index is 0.0564. The normalized spacial score (nSPS) is 46.5. The first-order valence-electron chi connectivity index (χ1n) is 20.3. The van der Waals surface area contributed by atoms with Crippen LogP contribution in [0.3, 0.4) is 0 Å². The first kappa shape index (κ1) is 34.1. The van der Waals surface area contributed by atoms with Gasteiger partial charge in [-0.2, -0.15) is 0 Å². The summed E-state index contributed by atoms with van der Waals surface area (Å²) in [6, 6.07) is 0. The van der Waals surface area contributed by atoms with Crippen LogP contribution in [0, 0.1) is 51.2 Å². The maximum atomic E-state index is 12.6. The number of likely N-dealkylation sites (tertiary alicyclic amines) is 1. The van der Waals surface area contributed by atoms with Crippen LogP contribution in [0.1, 0.15) is 130 Å². The molecule has 8 aliphatic rings. The summed E-state index contributed by atoms with van der Waals surface area (Å²) in [6.07, 6.45) is 27.0. The Kier molecular flexibility index (Phi) is 8.76. The molecule has 0 bridgehead atoms. The third-order valence-electron chi connectivity index (χ3n) is 17.2. The Morgan fingerprint density at radius 3 is 2.38 bits per heavy atom. The summed E-state index contributed by atoms with van der Waals surface area (Å²) in [5.74, 6) is 4.25. The van der Waals surface area contributed by atoms with Gasteiger partial charge in [0.1, 0.15) is 0 Å². The molecule has 0 amide bonds. The standard InChI is InChI=1S/C42H66N2O3S/c1-38(2)32(29-10-20-41(21-11-29)23-28-47-37(41)45)12-18-40(4)35(38)14-19-39(3)33-13-22-42(17-6-7-34(42)31(33)8-9-36(39)40)43-24-27-44-25-15-30(16-26-44)48(5)46/h10,12,30-31,33-36,43H,6-9,11,13-28H2,1-5H3/t31?,33?,34-,35?,36?,39?,40?,41?,42+,48?/m1/s1. The lowest BCUT2D eigenvalue weighted by molar-refractivity contribution is -0.175. The van der Waals surface area contributed by atoms with E-state index in [1.165, 1.54) is 64.2 Å². The average molecular weight is 679 g/mol. The molecule has 10 atom stereocenters. The number of allylic oxidation sites excluding steroid dienone is 4. The molecular weight excluding hydrogens is 613 g/mol. The second-order valence-electron chi connectivity index (χ2n) is 19.3. The van der Waals surface area contributed by atoms with Gasteiger partial charge < -0.3 is 15.0 Å². The quantitative estimate of drug-likeness (QED) is 0.287. The number of fused-ring (bicyclic) bond motifs is 7. The fraction of sp³-hybridized carbons (Fsp3) is 0.881. The van der Waals surface area contributed by atoms with Crippen molar-refractivity contribution in [1.82, 2.24) is 10.2 Å². The molecule has 2 heterocycles. The van der Waals surface area contributed by atoms with Gasteiger partial charge in [0.15, 0.2) is 0 Å². The largest absolute Gasteiger partial charge is 0.465 e. The van der Waals surface area contributed by atoms with E-state index in [0.29, 0.717) is 28.2 Å². The monoisotopic (exact) mass is 678 g/mol. The highest BCUT2D eigenvalue weighted by Crippen LogP contribution is 2.72. The Morgan fingerprint density at radius 1 is 0.854 bits per heavy atom. The zero-order valence-corrected chi connectivity index (χ0v) is 31.9. The van der Waals surface area contributed by atoms with E-state index >= 15 is 0 Å². The van der Waals surface area contributed by atoms with Crippen LogP contribution in [0.2, 0.25) is 0 Å². The van der Waals surface area contributed by atoms with Crippen molar-refractivity contribution in [2.24, 2.45) is 51.2 Å². The summed E-state index contributed by atoms with van der Waals surface area (Å²) in [4.78, 5) is 15.2. The number of nitrogens with zero attached hydrogens (tertiary/aromatic N) is 1. The predicted molar refractivity (Wildman–Crippen MR) is 196 cm³/mol. The van der Waals surface area contributed by atoms with E-state index in [2.05, 4.69) is 50.1 Å². The predicted octanol–water partition coefficient (Wildman–Crippen LogP) is 8.22. The van der Waals surface area contributed by atoms with E-state index < -0.39 is 10.8 Å². The summed E-state index contributed by atoms with van der Waals surface area (Å²) in [5.41, 5.74) is 4.32. The van der Waals surface area contributed by atoms with Crippen LogP contribution in [-0.2, 0) is 20.3 Å². The number of ether oxygens (including phenoxy) is 1. The average Bonchev–Trinajstić information content (AvgIpc) is 3.65. The van der Waals surface area contributed by atoms with Crippen LogP contribution in [0.15, 0.2) is 23.3 Å². The highest BCUT2D eigenvalue weighted by atomic mass is 32.2. The van der Waals surface area contributed by atoms with Gasteiger partial charge in [-0.15, -0.1) is 0 Å². The number of hydrogen-bond donors (Lipinski definition) is 1. The molecule has 1 spiro atoms. The van der Waals surface area contributed by atoms with Crippen molar-refractivity contribution >= 4 is 16.8 Å². The molecule has 6 fully saturated rings. The summed E-state index contributed by atoms with van der Waals surface area (Å²) in [5, 5.41) is 4.69. The fourth-order valence-electron chi connectivity index (χ4n) is 14.8. The number of carbonyl (C=O) groups is 1. The van der Waals surface area contributed by atoms with Crippen LogP contribution in [-0.4, -0.2) is 64.9 Å². The van der Waals surface area contributed by atoms with Gasteiger partial charge >= 0.3 is 5.97 Å². The third kappa shape index (κ3) is 5.24. The molecule has 4 saturated carbocycles. The molecule has 6 aliphatic carbocycles. The number of nitrogens with one attached hydrogen (secondary N) is 1. The summed E-state index contributed by atoms with van der Waals surface area (Å²) in [6.45, 7) is 15.8. The molecule has 0 aromatic carbocycles. The highest BCUT2D eigenvalue weighted by molar-refractivity contribution is 7.84. The third-order valence-corrected chi connectivity index (χ3v) is 18.6. The molecule has 1 N–H and O–H groups in total. The van der Waals surface area contributed by atoms with Gasteiger partial charge in [-0.25, -0.2) is 0 Å². The van der Waals surface area contributed by atoms with E-state index in [-0.39, 0.29) is 16.8 Å². The lowest BCUT2D eigenvalue weighted by Crippen LogP contribution is -2.64. The number of hydrogen-bond acceptors (Lipinski definition) is 5. The van der Waals surface area contributed by atoms with Crippen LogP contribution in [0.25, 0.3) is 0 Å². The maximum Gasteiger partial charge on any atom is 0.312 e. The van der Waals surface area contributed by atoms with Crippen molar-refractivity contribution in [3.8, 4) is 0 Å². The van der Waals surface area contributed by atoms with E-state index in [9.17, 15) is 9.00 Å². The van der Waals surface area contributed by atoms with Gasteiger partial charge in [-0.05, 0) is 166 Å². The Hall–Kier alpha value is -0.980. The van der Waals surface area contributed by atoms with Crippen molar-refractivity contribution < 1.29 is 13.7 Å². The maximum absolute atomic E-state index is 12.6. The van der Waals surface area contributed by atoms with E-state index in [4.69, 9.17) is 4.74 Å². The number of rotatable bonds is 6. The summed E-state index contributed by atoms with van der Waals surface area (Å²) >= 11 is 0. The second-order valence-corrected chi connectivity index (χ2v) is 21.0. The lowest BCUT2D eigenvalue weighted by atomic mass is 9.37. The molecule has 0 aromatic rings. The molecule has 0 aromatic heterocycles. The van der Waals surface area contributed by atoms with Gasteiger partial charge in [0, 0.05) is 40.9 Å². The molecule has 8 unspecified atom stereocenters. The fourth-order valence-corrected chi connectivity index (χ4v) is 15.6. The van der Waals surface area contributed by atoms with Crippen LogP contribution in [0.5, 0.6) is 0 Å². The van der Waals surface area contributed by atoms with Gasteiger partial charge in [0.25, 0.3) is 0 Å². The number of esters is 1. The highest BCUT2D eigenvalue weighted by Gasteiger charge is 2.65. The first-order valence-corrected chi connectivity index (χ1v) is 21.9. The van der Waals surface area contributed by atoms with Gasteiger partial charge in [0.2, 0.25) is 0 Å². The molecule has 0 radical (unpaired) electrons. The van der Waals surface area contributed by atoms with Crippen molar-refractivity contribution in [3.63, 3.8) is 0 Å². The molecular formula is C42H66N2O3S. The molecule has 268 valence electrons. The second kappa shape index (κ2) is 12.3. The molecule has 2 aliphatic heterocycles. The summed E-state index contributed by atoms with van der Waals surface area (Å²) in [7, 11) is -0.667. The minimum Gasteiger partial charge on any atom is -0.465 e. The van der Waals surface area contributed by atoms with E-state index in [1.54, 1.807) is 11.1 Å². The van der Waals surface area contributed by atoms with Crippen LogP contribution in [0.4, 0.5) is 0 Å². The van der Waals surface area contributed by atoms with Crippen molar-refractivity contribution in [2.75, 3.05) is 39.0 Å². The van der Waals surface area contributed by atoms with Crippen LogP contribution >= 0.6 is 0 Å². The van der Waals surface area contributed by atoms with Crippen molar-refractivity contribution in [1.29, 1.82) is 0 Å². The van der Waals surface area contributed by atoms with Crippen molar-refractivity contribution in [3.05, 3.63) is 23.3 Å². The molecule has 6 heteroatoms. The zero-order valence-electron chi connectivity index (χ0n) is 31.0. The number of piperidine rings is 1. The topological polar surface area (TPSA) is 58.6 Å². The van der Waals surface area contributed by atoms with E-state index in [1.807, 2.05) is 6.26 Å². The van der Waals surface area contributed by atoms with E-state index in [0.717, 1.165) is 94.3 Å². The molecule has 2 saturated heterocycles. The number of carbonyl (C=O) groups excluding carboxylic acids is 1. The van der Waals surface area contributed by atoms with Gasteiger partial charge in [-0.1, -0.05) is 46.3 Å². The van der Waals surface area contributed by atoms with Crippen molar-refractivity contribution in [2.45, 2.75) is 141 Å². The molecule has 8 rings (SSSR count). The molecule has 5 nitrogen and oxygen atoms in total. The van der Waals surface area contributed by atoms with Crippen LogP contribution < -0.4 is 5.32 Å². The first-order chi connectivity index (χ1) is 22.9. The smallest absolute Gasteiger partial charge is 0.312 e. The Balaban J connectivity index is 0.956. The summed E-state index contributed by atoms with van der Waals surface area (Å²) < 4.78 is 17.4. The molecule has 48 heavy (non-hydrogen) atoms. The SMILES string of the molecule is CS(=O)C1CCN(CCN[C@]23CCC[C@@H]2C2CCC4C(C)(CCC5C(C)(C)C(C6=CCC7(CCOC7=O)CC6)=CCC54C)C2CC3)CC1. The Bertz CT molecular complexity index is 1360. The van der Waals surface area contributed by atoms with Gasteiger partial charge in [0.05, 0.1) is 12.0 Å². The van der Waals surface area contributed by atoms with Gasteiger partial charge in [-0.3, -0.25) is 9.00 Å².